The number of carbonyl (C=O) groups is 3. The van der Waals surface area contributed by atoms with Crippen LogP contribution < -0.4 is 4.90 Å². The van der Waals surface area contributed by atoms with Crippen molar-refractivity contribution in [3.8, 4) is 0 Å². The molecule has 1 amide bonds. The Labute approximate surface area is 165 Å². The normalized spacial score (nSPS) is 18.9. The summed E-state index contributed by atoms with van der Waals surface area (Å²) in [6, 6.07) is 4.00. The first-order valence-corrected chi connectivity index (χ1v) is 8.80. The van der Waals surface area contributed by atoms with E-state index >= 15 is 0 Å². The molecule has 1 heterocycles. The summed E-state index contributed by atoms with van der Waals surface area (Å²) < 4.78 is 53.8. The number of carbonyl (C=O) groups excluding carboxylic acids is 3. The number of hydrogen-bond donors (Lipinski definition) is 0. The molecule has 1 aromatic rings. The number of benzene rings is 1. The molecule has 160 valence electrons. The minimum absolute atomic E-state index is 0.0159. The van der Waals surface area contributed by atoms with Gasteiger partial charge in [-0.3, -0.25) is 9.59 Å². The highest BCUT2D eigenvalue weighted by atomic mass is 19.4. The number of esters is 2. The van der Waals surface area contributed by atoms with Crippen LogP contribution in [0, 0.1) is 0 Å². The zero-order valence-corrected chi connectivity index (χ0v) is 16.4. The fourth-order valence-electron chi connectivity index (χ4n) is 2.68. The molecule has 0 spiro atoms. The van der Waals surface area contributed by atoms with E-state index in [0.29, 0.717) is 0 Å². The fraction of sp³-hybridized carbons (Fsp3) is 0.526. The molecule has 1 saturated heterocycles. The Balaban J connectivity index is 2.27. The summed E-state index contributed by atoms with van der Waals surface area (Å²) in [6.45, 7) is 5.92. The Morgan fingerprint density at radius 1 is 1.17 bits per heavy atom. The van der Waals surface area contributed by atoms with Gasteiger partial charge in [-0.25, -0.2) is 4.79 Å². The first kappa shape index (κ1) is 22.7. The van der Waals surface area contributed by atoms with Crippen LogP contribution >= 0.6 is 0 Å². The highest BCUT2D eigenvalue weighted by molar-refractivity contribution is 6.00. The summed E-state index contributed by atoms with van der Waals surface area (Å²) in [6.07, 6.45) is -7.63. The second-order valence-electron chi connectivity index (χ2n) is 7.39. The van der Waals surface area contributed by atoms with Crippen molar-refractivity contribution in [3.63, 3.8) is 0 Å². The van der Waals surface area contributed by atoms with E-state index in [4.69, 9.17) is 14.2 Å². The molecule has 1 aliphatic rings. The summed E-state index contributed by atoms with van der Waals surface area (Å²) in [4.78, 5) is 38.0. The summed E-state index contributed by atoms with van der Waals surface area (Å²) in [5.41, 5.74) is -1.56. The Kier molecular flexibility index (Phi) is 6.56. The number of nitrogens with zero attached hydrogens (tertiary/aromatic N) is 1. The molecule has 0 N–H and O–H groups in total. The van der Waals surface area contributed by atoms with E-state index in [1.807, 2.05) is 0 Å². The molecule has 0 aliphatic carbocycles. The topological polar surface area (TPSA) is 82.1 Å². The van der Waals surface area contributed by atoms with Crippen LogP contribution in [0.3, 0.4) is 0 Å². The third-order valence-electron chi connectivity index (χ3n) is 3.84. The number of amides is 1. The Hall–Kier alpha value is -2.62. The van der Waals surface area contributed by atoms with Crippen molar-refractivity contribution in [2.45, 2.75) is 51.7 Å². The maximum absolute atomic E-state index is 12.9. The smallest absolute Gasteiger partial charge is 0.416 e. The molecule has 1 aliphatic heterocycles. The highest BCUT2D eigenvalue weighted by Gasteiger charge is 2.44. The molecule has 7 nitrogen and oxygen atoms in total. The number of morpholine rings is 1. The molecular formula is C19H22F3NO6. The zero-order valence-electron chi connectivity index (χ0n) is 16.4. The molecule has 0 saturated carbocycles. The van der Waals surface area contributed by atoms with Gasteiger partial charge >= 0.3 is 18.1 Å². The fourth-order valence-corrected chi connectivity index (χ4v) is 2.68. The van der Waals surface area contributed by atoms with E-state index < -0.39 is 47.4 Å². The van der Waals surface area contributed by atoms with Gasteiger partial charge in [-0.15, -0.1) is 0 Å². The second-order valence-corrected chi connectivity index (χ2v) is 7.39. The SMILES string of the molecule is CC(=O)O[C@@H](C(=O)OC(C)(C)C)[C@H]1OCCN(c2ccc(C(F)(F)F)cc2)C1=O. The minimum atomic E-state index is -4.51. The first-order valence-electron chi connectivity index (χ1n) is 8.80. The Morgan fingerprint density at radius 2 is 1.76 bits per heavy atom. The molecule has 29 heavy (non-hydrogen) atoms. The lowest BCUT2D eigenvalue weighted by Gasteiger charge is -2.35. The van der Waals surface area contributed by atoms with Crippen LogP contribution in [0.1, 0.15) is 33.3 Å². The monoisotopic (exact) mass is 417 g/mol. The van der Waals surface area contributed by atoms with E-state index in [9.17, 15) is 27.6 Å². The molecule has 10 heteroatoms. The predicted octanol–water partition coefficient (Wildman–Crippen LogP) is 2.71. The largest absolute Gasteiger partial charge is 0.457 e. The Bertz CT molecular complexity index is 770. The van der Waals surface area contributed by atoms with Crippen molar-refractivity contribution in [3.05, 3.63) is 29.8 Å². The van der Waals surface area contributed by atoms with Gasteiger partial charge in [0, 0.05) is 19.2 Å². The molecule has 0 unspecified atom stereocenters. The highest BCUT2D eigenvalue weighted by Crippen LogP contribution is 2.31. The third-order valence-corrected chi connectivity index (χ3v) is 3.84. The van der Waals surface area contributed by atoms with Crippen molar-refractivity contribution in [2.24, 2.45) is 0 Å². The molecule has 1 fully saturated rings. The van der Waals surface area contributed by atoms with Gasteiger partial charge < -0.3 is 19.1 Å². The van der Waals surface area contributed by atoms with Crippen LogP contribution in [-0.2, 0) is 34.8 Å². The summed E-state index contributed by atoms with van der Waals surface area (Å²) in [7, 11) is 0. The average Bonchev–Trinajstić information content (AvgIpc) is 2.58. The van der Waals surface area contributed by atoms with Gasteiger partial charge in [0.1, 0.15) is 5.60 Å². The average molecular weight is 417 g/mol. The van der Waals surface area contributed by atoms with E-state index in [2.05, 4.69) is 0 Å². The van der Waals surface area contributed by atoms with Gasteiger partial charge in [-0.05, 0) is 45.0 Å². The third kappa shape index (κ3) is 5.93. The molecule has 0 radical (unpaired) electrons. The van der Waals surface area contributed by atoms with E-state index in [1.165, 1.54) is 4.90 Å². The van der Waals surface area contributed by atoms with Crippen molar-refractivity contribution in [1.29, 1.82) is 0 Å². The maximum Gasteiger partial charge on any atom is 0.416 e. The van der Waals surface area contributed by atoms with E-state index in [1.54, 1.807) is 20.8 Å². The number of ether oxygens (including phenoxy) is 3. The lowest BCUT2D eigenvalue weighted by atomic mass is 10.1. The number of hydrogen-bond acceptors (Lipinski definition) is 6. The van der Waals surface area contributed by atoms with Crippen LogP contribution in [-0.4, -0.2) is 48.8 Å². The number of alkyl halides is 3. The van der Waals surface area contributed by atoms with Gasteiger partial charge in [-0.2, -0.15) is 13.2 Å². The van der Waals surface area contributed by atoms with Crippen molar-refractivity contribution < 1.29 is 41.8 Å². The van der Waals surface area contributed by atoms with E-state index in [-0.39, 0.29) is 18.8 Å². The quantitative estimate of drug-likeness (QED) is 0.701. The molecule has 2 rings (SSSR count). The number of rotatable bonds is 4. The van der Waals surface area contributed by atoms with Crippen LogP contribution in [0.25, 0.3) is 0 Å². The lowest BCUT2D eigenvalue weighted by Crippen LogP contribution is -2.56. The second kappa shape index (κ2) is 8.40. The molecule has 0 aromatic heterocycles. The Morgan fingerprint density at radius 3 is 2.24 bits per heavy atom. The van der Waals surface area contributed by atoms with Crippen molar-refractivity contribution in [2.75, 3.05) is 18.1 Å². The van der Waals surface area contributed by atoms with Crippen molar-refractivity contribution >= 4 is 23.5 Å². The summed E-state index contributed by atoms with van der Waals surface area (Å²) >= 11 is 0. The molecular weight excluding hydrogens is 395 g/mol. The van der Waals surface area contributed by atoms with Gasteiger partial charge in [0.2, 0.25) is 6.10 Å². The number of halogens is 3. The van der Waals surface area contributed by atoms with Gasteiger partial charge in [0.05, 0.1) is 12.2 Å². The van der Waals surface area contributed by atoms with Crippen LogP contribution in [0.2, 0.25) is 0 Å². The maximum atomic E-state index is 12.9. The van der Waals surface area contributed by atoms with Crippen LogP contribution in [0.15, 0.2) is 24.3 Å². The van der Waals surface area contributed by atoms with Crippen LogP contribution in [0.5, 0.6) is 0 Å². The molecule has 1 aromatic carbocycles. The number of anilines is 1. The summed E-state index contributed by atoms with van der Waals surface area (Å²) in [5.74, 6) is -2.50. The first-order chi connectivity index (χ1) is 13.3. The van der Waals surface area contributed by atoms with Gasteiger partial charge in [0.25, 0.3) is 5.91 Å². The van der Waals surface area contributed by atoms with Crippen LogP contribution in [0.4, 0.5) is 18.9 Å². The van der Waals surface area contributed by atoms with E-state index in [0.717, 1.165) is 31.2 Å². The standard InChI is InChI=1S/C19H22F3NO6/c1-11(24)28-15(17(26)29-18(2,3)4)14-16(25)23(9-10-27-14)13-7-5-12(6-8-13)19(20,21)22/h5-8,14-15H,9-10H2,1-4H3/t14-,15-/m1/s1. The zero-order chi connectivity index (χ0) is 22.0. The summed E-state index contributed by atoms with van der Waals surface area (Å²) in [5, 5.41) is 0. The van der Waals surface area contributed by atoms with Gasteiger partial charge in [0.15, 0.2) is 6.10 Å². The van der Waals surface area contributed by atoms with Gasteiger partial charge in [-0.1, -0.05) is 0 Å². The lowest BCUT2D eigenvalue weighted by molar-refractivity contribution is -0.188. The minimum Gasteiger partial charge on any atom is -0.457 e. The predicted molar refractivity (Wildman–Crippen MR) is 94.9 cm³/mol. The van der Waals surface area contributed by atoms with Crippen molar-refractivity contribution in [1.82, 2.24) is 0 Å². The molecule has 2 atom stereocenters. The molecule has 0 bridgehead atoms.